The number of hydrogen-bond acceptors (Lipinski definition) is 8. The molecule has 1 aliphatic carbocycles. The van der Waals surface area contributed by atoms with Crippen LogP contribution < -0.4 is 10.2 Å². The number of ether oxygens (including phenoxy) is 1. The molecule has 12 heteroatoms. The van der Waals surface area contributed by atoms with E-state index in [4.69, 9.17) is 9.72 Å². The van der Waals surface area contributed by atoms with E-state index < -0.39 is 6.43 Å². The minimum Gasteiger partial charge on any atom is -0.374 e. The molecule has 3 aliphatic heterocycles. The lowest BCUT2D eigenvalue weighted by Crippen LogP contribution is -2.45. The third-order valence-corrected chi connectivity index (χ3v) is 9.16. The largest absolute Gasteiger partial charge is 0.374 e. The highest BCUT2D eigenvalue weighted by Gasteiger charge is 2.39. The van der Waals surface area contributed by atoms with Crippen molar-refractivity contribution in [2.45, 2.75) is 63.1 Å². The average Bonchev–Trinajstić information content (AvgIpc) is 3.77. The fourth-order valence-corrected chi connectivity index (χ4v) is 6.97. The summed E-state index contributed by atoms with van der Waals surface area (Å²) >= 11 is 0. The second-order valence-corrected chi connectivity index (χ2v) is 11.8. The van der Waals surface area contributed by atoms with Gasteiger partial charge in [0.05, 0.1) is 36.6 Å². The van der Waals surface area contributed by atoms with Crippen LogP contribution in [-0.4, -0.2) is 93.1 Å². The molecule has 0 unspecified atom stereocenters. The van der Waals surface area contributed by atoms with Crippen molar-refractivity contribution in [3.05, 3.63) is 41.5 Å². The molecule has 10 nitrogen and oxygen atoms in total. The molecule has 3 aromatic rings. The Morgan fingerprint density at radius 1 is 1.15 bits per heavy atom. The van der Waals surface area contributed by atoms with Crippen LogP contribution in [0.1, 0.15) is 66.2 Å². The summed E-state index contributed by atoms with van der Waals surface area (Å²) in [4.78, 5) is 22.9. The van der Waals surface area contributed by atoms with Gasteiger partial charge in [0.25, 0.3) is 6.43 Å². The molecule has 0 spiro atoms. The zero-order valence-corrected chi connectivity index (χ0v) is 22.6. The topological polar surface area (TPSA) is 92.8 Å². The number of aromatic nitrogens is 5. The van der Waals surface area contributed by atoms with Crippen molar-refractivity contribution in [1.82, 2.24) is 34.6 Å². The summed E-state index contributed by atoms with van der Waals surface area (Å²) < 4.78 is 37.0. The van der Waals surface area contributed by atoms with Crippen molar-refractivity contribution >= 4 is 17.2 Å². The summed E-state index contributed by atoms with van der Waals surface area (Å²) in [5.74, 6) is 1.13. The molecular formula is C28H36F2N8O2. The fraction of sp³-hybridized carbons (Fsp3) is 0.643. The van der Waals surface area contributed by atoms with E-state index in [-0.39, 0.29) is 35.6 Å². The minimum atomic E-state index is -2.74. The number of Topliss-reactive ketones (excluding diaryl/α,β-unsaturated/α-hetero) is 1. The molecule has 7 rings (SSSR count). The molecule has 0 amide bonds. The first-order valence-corrected chi connectivity index (χ1v) is 14.6. The highest BCUT2D eigenvalue weighted by Crippen LogP contribution is 2.35. The monoisotopic (exact) mass is 554 g/mol. The number of carbonyl (C=O) groups excluding carboxylic acids is 1. The van der Waals surface area contributed by atoms with Gasteiger partial charge >= 0.3 is 0 Å². The number of anilines is 1. The molecule has 4 fully saturated rings. The Hall–Kier alpha value is -2.96. The number of nitrogens with zero attached hydrogens (tertiary/aromatic N) is 7. The molecular weight excluding hydrogens is 518 g/mol. The van der Waals surface area contributed by atoms with E-state index in [1.54, 1.807) is 21.6 Å². The lowest BCUT2D eigenvalue weighted by Gasteiger charge is -2.34. The third-order valence-electron chi connectivity index (χ3n) is 9.16. The van der Waals surface area contributed by atoms with Crippen LogP contribution in [0.5, 0.6) is 0 Å². The second-order valence-electron chi connectivity index (χ2n) is 11.8. The number of rotatable bonds is 8. The van der Waals surface area contributed by atoms with E-state index in [2.05, 4.69) is 25.3 Å². The van der Waals surface area contributed by atoms with Gasteiger partial charge in [0.1, 0.15) is 11.5 Å². The van der Waals surface area contributed by atoms with Crippen LogP contribution in [0.3, 0.4) is 0 Å². The Morgan fingerprint density at radius 3 is 2.70 bits per heavy atom. The summed E-state index contributed by atoms with van der Waals surface area (Å²) in [6.07, 6.45) is 7.21. The van der Waals surface area contributed by atoms with Crippen molar-refractivity contribution in [2.24, 2.45) is 5.92 Å². The maximum Gasteiger partial charge on any atom is 0.282 e. The van der Waals surface area contributed by atoms with Gasteiger partial charge in [-0.25, -0.2) is 18.3 Å². The van der Waals surface area contributed by atoms with Crippen molar-refractivity contribution in [2.75, 3.05) is 50.8 Å². The lowest BCUT2D eigenvalue weighted by molar-refractivity contribution is 0.0985. The number of piperazine rings is 1. The van der Waals surface area contributed by atoms with Crippen LogP contribution in [-0.2, 0) is 11.2 Å². The van der Waals surface area contributed by atoms with Crippen LogP contribution in [0, 0.1) is 5.92 Å². The maximum atomic E-state index is 14.0. The lowest BCUT2D eigenvalue weighted by atomic mass is 9.85. The van der Waals surface area contributed by atoms with E-state index in [0.29, 0.717) is 29.8 Å². The van der Waals surface area contributed by atoms with Gasteiger partial charge in [0.2, 0.25) is 0 Å². The van der Waals surface area contributed by atoms with Gasteiger partial charge in [0.15, 0.2) is 11.4 Å². The summed E-state index contributed by atoms with van der Waals surface area (Å²) in [7, 11) is 0. The van der Waals surface area contributed by atoms with Crippen LogP contribution in [0.2, 0.25) is 0 Å². The molecule has 3 aromatic heterocycles. The van der Waals surface area contributed by atoms with Gasteiger partial charge in [-0.1, -0.05) is 0 Å². The number of fused-ring (bicyclic) bond motifs is 3. The van der Waals surface area contributed by atoms with Crippen molar-refractivity contribution < 1.29 is 18.3 Å². The van der Waals surface area contributed by atoms with Crippen molar-refractivity contribution in [3.8, 4) is 0 Å². The Balaban J connectivity index is 1.05. The smallest absolute Gasteiger partial charge is 0.282 e. The van der Waals surface area contributed by atoms with Crippen LogP contribution in [0.25, 0.3) is 5.65 Å². The van der Waals surface area contributed by atoms with Crippen molar-refractivity contribution in [1.29, 1.82) is 0 Å². The quantitative estimate of drug-likeness (QED) is 0.425. The SMILES string of the molecule is O=C(Cc1cn(C2CCC(CN3CCNCC3)CC2)nc1C(F)F)c1cnn2ccc(N3C[C@H]4C[C@@H]3CO4)nc12. The highest BCUT2D eigenvalue weighted by atomic mass is 19.3. The first kappa shape index (κ1) is 26.0. The van der Waals surface area contributed by atoms with E-state index in [1.165, 1.54) is 6.20 Å². The highest BCUT2D eigenvalue weighted by molar-refractivity contribution is 6.02. The molecule has 2 bridgehead atoms. The zero-order valence-electron chi connectivity index (χ0n) is 22.6. The minimum absolute atomic E-state index is 0.0848. The Morgan fingerprint density at radius 2 is 1.98 bits per heavy atom. The van der Waals surface area contributed by atoms with E-state index in [1.807, 2.05) is 6.07 Å². The number of alkyl halides is 2. The maximum absolute atomic E-state index is 14.0. The van der Waals surface area contributed by atoms with Gasteiger partial charge in [-0.05, 0) is 44.1 Å². The number of hydrogen-bond donors (Lipinski definition) is 1. The number of ketones is 1. The predicted molar refractivity (Wildman–Crippen MR) is 144 cm³/mol. The molecule has 40 heavy (non-hydrogen) atoms. The number of carbonyl (C=O) groups is 1. The summed E-state index contributed by atoms with van der Waals surface area (Å²) in [6, 6.07) is 2.27. The zero-order chi connectivity index (χ0) is 27.2. The molecule has 3 saturated heterocycles. The standard InChI is InChI=1S/C28H36F2N8O2/c29-27(30)26-19(15-38(34-26)20-3-1-18(2-4-20)14-35-9-6-31-7-10-35)11-24(39)23-13-32-37-8-5-25(33-28(23)37)36-16-22-12-21(36)17-40-22/h5,8,13,15,18,20-22,27,31H,1-4,6-7,9-12,14,16-17H2/t18?,20?,21-,22-/m1/s1. The van der Waals surface area contributed by atoms with Crippen LogP contribution >= 0.6 is 0 Å². The summed E-state index contributed by atoms with van der Waals surface area (Å²) in [5.41, 5.74) is 0.769. The van der Waals surface area contributed by atoms with Crippen molar-refractivity contribution in [3.63, 3.8) is 0 Å². The normalized spacial score (nSPS) is 27.3. The molecule has 4 aliphatic rings. The molecule has 1 saturated carbocycles. The second kappa shape index (κ2) is 10.8. The van der Waals surface area contributed by atoms with Gasteiger partial charge < -0.3 is 19.9 Å². The molecule has 0 radical (unpaired) electrons. The number of morpholine rings is 1. The molecule has 1 N–H and O–H groups in total. The van der Waals surface area contributed by atoms with Crippen LogP contribution in [0.4, 0.5) is 14.6 Å². The van der Waals surface area contributed by atoms with E-state index in [9.17, 15) is 13.6 Å². The number of nitrogens with one attached hydrogen (secondary N) is 1. The molecule has 214 valence electrons. The van der Waals surface area contributed by atoms with E-state index >= 15 is 0 Å². The molecule has 0 aromatic carbocycles. The van der Waals surface area contributed by atoms with E-state index in [0.717, 1.165) is 77.2 Å². The first-order chi connectivity index (χ1) is 19.5. The van der Waals surface area contributed by atoms with Gasteiger partial charge in [-0.2, -0.15) is 10.2 Å². The fourth-order valence-electron chi connectivity index (χ4n) is 6.97. The first-order valence-electron chi connectivity index (χ1n) is 14.6. The van der Waals surface area contributed by atoms with Gasteiger partial charge in [0, 0.05) is 63.6 Å². The Kier molecular flexibility index (Phi) is 7.01. The molecule has 2 atom stereocenters. The van der Waals surface area contributed by atoms with Gasteiger partial charge in [-0.3, -0.25) is 9.48 Å². The third kappa shape index (κ3) is 5.01. The summed E-state index contributed by atoms with van der Waals surface area (Å²) in [5, 5.41) is 12.0. The average molecular weight is 555 g/mol. The molecule has 6 heterocycles. The summed E-state index contributed by atoms with van der Waals surface area (Å²) in [6.45, 7) is 6.83. The Bertz CT molecular complexity index is 1360. The van der Waals surface area contributed by atoms with Gasteiger partial charge in [-0.15, -0.1) is 0 Å². The number of halogens is 2. The Labute approximate surface area is 231 Å². The predicted octanol–water partition coefficient (Wildman–Crippen LogP) is 2.90. The van der Waals surface area contributed by atoms with Crippen LogP contribution in [0.15, 0.2) is 24.7 Å².